The maximum Gasteiger partial charge on any atom is 0.176 e. The van der Waals surface area contributed by atoms with E-state index in [4.69, 9.17) is 5.41 Å². The van der Waals surface area contributed by atoms with Crippen LogP contribution in [0.1, 0.15) is 5.56 Å². The molecule has 0 aromatic heterocycles. The summed E-state index contributed by atoms with van der Waals surface area (Å²) in [5, 5.41) is 6.74. The Hall–Kier alpha value is -1.45. The minimum atomic E-state index is -0.840. The number of ether oxygens (including phenoxy) is 1. The van der Waals surface area contributed by atoms with Crippen molar-refractivity contribution in [2.75, 3.05) is 7.11 Å². The van der Waals surface area contributed by atoms with Crippen LogP contribution in [0.4, 0.5) is 8.78 Å². The summed E-state index contributed by atoms with van der Waals surface area (Å²) in [5.41, 5.74) is -0.380. The van der Waals surface area contributed by atoms with Gasteiger partial charge < -0.3 is 10.1 Å². The number of hydrogen-bond donors (Lipinski definition) is 1. The summed E-state index contributed by atoms with van der Waals surface area (Å²) in [5.74, 6) is -1.66. The first-order valence-corrected chi connectivity index (χ1v) is 3.23. The third-order valence-corrected chi connectivity index (χ3v) is 1.46. The molecule has 0 bridgehead atoms. The van der Waals surface area contributed by atoms with Crippen molar-refractivity contribution in [3.63, 3.8) is 0 Å². The van der Waals surface area contributed by atoms with Gasteiger partial charge in [-0.3, -0.25) is 0 Å². The van der Waals surface area contributed by atoms with Gasteiger partial charge in [0.1, 0.15) is 5.82 Å². The van der Waals surface area contributed by atoms with Crippen molar-refractivity contribution in [2.45, 2.75) is 0 Å². The Kier molecular flexibility index (Phi) is 2.38. The highest BCUT2D eigenvalue weighted by Crippen LogP contribution is 2.20. The summed E-state index contributed by atoms with van der Waals surface area (Å²) in [6.07, 6.45) is 0.618. The van der Waals surface area contributed by atoms with Gasteiger partial charge in [-0.05, 0) is 12.1 Å². The predicted octanol–water partition coefficient (Wildman–Crippen LogP) is 1.97. The lowest BCUT2D eigenvalue weighted by atomic mass is 10.2. The lowest BCUT2D eigenvalue weighted by molar-refractivity contribution is 0.383. The second-order valence-corrected chi connectivity index (χ2v) is 2.12. The van der Waals surface area contributed by atoms with Gasteiger partial charge in [0, 0.05) is 6.21 Å². The van der Waals surface area contributed by atoms with Crippen LogP contribution >= 0.6 is 0 Å². The van der Waals surface area contributed by atoms with E-state index in [1.54, 1.807) is 0 Å². The van der Waals surface area contributed by atoms with E-state index in [0.717, 1.165) is 6.07 Å². The fraction of sp³-hybridized carbons (Fsp3) is 0.125. The molecule has 0 fully saturated rings. The van der Waals surface area contributed by atoms with Gasteiger partial charge >= 0.3 is 0 Å². The molecule has 0 spiro atoms. The molecule has 4 heteroatoms. The van der Waals surface area contributed by atoms with Crippen LogP contribution < -0.4 is 4.74 Å². The van der Waals surface area contributed by atoms with Crippen molar-refractivity contribution in [1.82, 2.24) is 0 Å². The maximum absolute atomic E-state index is 13.0. The first-order chi connectivity index (χ1) is 5.70. The first-order valence-electron chi connectivity index (χ1n) is 3.23. The lowest BCUT2D eigenvalue weighted by Crippen LogP contribution is -1.97. The Balaban J connectivity index is 3.33. The molecule has 0 saturated heterocycles. The summed E-state index contributed by atoms with van der Waals surface area (Å²) in [7, 11) is 1.28. The van der Waals surface area contributed by atoms with E-state index in [2.05, 4.69) is 4.74 Å². The average Bonchev–Trinajstić information content (AvgIpc) is 2.06. The number of nitrogens with one attached hydrogen (secondary N) is 1. The number of rotatable bonds is 2. The molecule has 0 aliphatic rings. The van der Waals surface area contributed by atoms with Crippen LogP contribution in [0.3, 0.4) is 0 Å². The number of methoxy groups -OCH3 is 1. The van der Waals surface area contributed by atoms with Crippen LogP contribution in [-0.4, -0.2) is 13.3 Å². The molecular formula is C8H7F2NO. The van der Waals surface area contributed by atoms with Gasteiger partial charge in [-0.1, -0.05) is 0 Å². The van der Waals surface area contributed by atoms with Crippen LogP contribution in [0, 0.1) is 17.0 Å². The lowest BCUT2D eigenvalue weighted by Gasteiger charge is -2.03. The van der Waals surface area contributed by atoms with Gasteiger partial charge in [-0.15, -0.1) is 0 Å². The molecule has 0 radical (unpaired) electrons. The number of benzene rings is 1. The zero-order chi connectivity index (χ0) is 9.14. The van der Waals surface area contributed by atoms with E-state index in [1.807, 2.05) is 0 Å². The summed E-state index contributed by atoms with van der Waals surface area (Å²) in [6, 6.07) is 2.24. The minimum absolute atomic E-state index is 0.0603. The highest BCUT2D eigenvalue weighted by atomic mass is 19.1. The van der Waals surface area contributed by atoms with Crippen molar-refractivity contribution in [1.29, 1.82) is 5.41 Å². The topological polar surface area (TPSA) is 33.1 Å². The number of halogens is 2. The van der Waals surface area contributed by atoms with Crippen molar-refractivity contribution in [2.24, 2.45) is 0 Å². The summed E-state index contributed by atoms with van der Waals surface area (Å²) in [4.78, 5) is 0. The summed E-state index contributed by atoms with van der Waals surface area (Å²) >= 11 is 0. The predicted molar refractivity (Wildman–Crippen MR) is 40.8 cm³/mol. The molecule has 0 heterocycles. The molecule has 1 N–H and O–H groups in total. The molecule has 0 aliphatic carbocycles. The Morgan fingerprint density at radius 1 is 1.42 bits per heavy atom. The Morgan fingerprint density at radius 3 is 2.58 bits per heavy atom. The van der Waals surface area contributed by atoms with Gasteiger partial charge in [-0.25, -0.2) is 8.78 Å². The minimum Gasteiger partial charge on any atom is -0.494 e. The van der Waals surface area contributed by atoms with Gasteiger partial charge in [0.2, 0.25) is 0 Å². The average molecular weight is 171 g/mol. The molecule has 0 amide bonds. The van der Waals surface area contributed by atoms with Crippen LogP contribution in [-0.2, 0) is 0 Å². The fourth-order valence-electron chi connectivity index (χ4n) is 0.839. The second kappa shape index (κ2) is 3.30. The van der Waals surface area contributed by atoms with Crippen LogP contribution in [0.5, 0.6) is 5.75 Å². The molecule has 12 heavy (non-hydrogen) atoms. The van der Waals surface area contributed by atoms with Crippen molar-refractivity contribution in [3.05, 3.63) is 29.3 Å². The normalized spacial score (nSPS) is 9.58. The molecule has 0 saturated carbocycles. The molecule has 64 valence electrons. The molecule has 0 aliphatic heterocycles. The third kappa shape index (κ3) is 1.28. The monoisotopic (exact) mass is 171 g/mol. The Bertz CT molecular complexity index is 312. The summed E-state index contributed by atoms with van der Waals surface area (Å²) < 4.78 is 30.3. The second-order valence-electron chi connectivity index (χ2n) is 2.12. The van der Waals surface area contributed by atoms with Crippen molar-refractivity contribution < 1.29 is 13.5 Å². The fourth-order valence-corrected chi connectivity index (χ4v) is 0.839. The zero-order valence-corrected chi connectivity index (χ0v) is 6.40. The Labute approximate surface area is 68.3 Å². The van der Waals surface area contributed by atoms with Crippen molar-refractivity contribution >= 4 is 6.21 Å². The molecule has 1 aromatic rings. The van der Waals surface area contributed by atoms with Crippen molar-refractivity contribution in [3.8, 4) is 5.75 Å². The van der Waals surface area contributed by atoms with E-state index >= 15 is 0 Å². The van der Waals surface area contributed by atoms with E-state index in [1.165, 1.54) is 13.2 Å². The van der Waals surface area contributed by atoms with E-state index < -0.39 is 11.6 Å². The molecule has 2 nitrogen and oxygen atoms in total. The van der Waals surface area contributed by atoms with Gasteiger partial charge in [0.05, 0.1) is 12.7 Å². The molecular weight excluding hydrogens is 164 g/mol. The van der Waals surface area contributed by atoms with Crippen LogP contribution in [0.2, 0.25) is 0 Å². The van der Waals surface area contributed by atoms with E-state index in [0.29, 0.717) is 6.21 Å². The molecule has 1 aromatic carbocycles. The zero-order valence-electron chi connectivity index (χ0n) is 6.40. The van der Waals surface area contributed by atoms with Crippen LogP contribution in [0.15, 0.2) is 12.1 Å². The van der Waals surface area contributed by atoms with Crippen LogP contribution in [0.25, 0.3) is 0 Å². The number of hydrogen-bond acceptors (Lipinski definition) is 2. The van der Waals surface area contributed by atoms with Gasteiger partial charge in [0.15, 0.2) is 11.6 Å². The summed E-state index contributed by atoms with van der Waals surface area (Å²) in [6.45, 7) is 0. The largest absolute Gasteiger partial charge is 0.494 e. The third-order valence-electron chi connectivity index (χ3n) is 1.46. The molecule has 0 unspecified atom stereocenters. The first kappa shape index (κ1) is 8.64. The van der Waals surface area contributed by atoms with E-state index in [-0.39, 0.29) is 11.3 Å². The maximum atomic E-state index is 13.0. The van der Waals surface area contributed by atoms with Gasteiger partial charge in [-0.2, -0.15) is 0 Å². The molecule has 1 rings (SSSR count). The standard InChI is InChI=1S/C8H7F2NO/c1-12-7-3-2-6(9)5(4-11)8(7)10/h2-4,11H,1H3. The highest BCUT2D eigenvalue weighted by Gasteiger charge is 2.11. The quantitative estimate of drug-likeness (QED) is 0.678. The SMILES string of the molecule is COc1ccc(F)c(C=N)c1F. The Morgan fingerprint density at radius 2 is 2.08 bits per heavy atom. The smallest absolute Gasteiger partial charge is 0.176 e. The van der Waals surface area contributed by atoms with E-state index in [9.17, 15) is 8.78 Å². The molecule has 0 atom stereocenters. The van der Waals surface area contributed by atoms with Gasteiger partial charge in [0.25, 0.3) is 0 Å². The highest BCUT2D eigenvalue weighted by molar-refractivity contribution is 5.78.